The first-order valence-corrected chi connectivity index (χ1v) is 3.00. The molecule has 1 rings (SSSR count). The molecule has 0 saturated carbocycles. The van der Waals surface area contributed by atoms with E-state index in [0.717, 1.165) is 0 Å². The van der Waals surface area contributed by atoms with Crippen LogP contribution in [0.4, 0.5) is 5.82 Å². The Balaban J connectivity index is 3.31. The van der Waals surface area contributed by atoms with E-state index >= 15 is 0 Å². The highest BCUT2D eigenvalue weighted by Crippen LogP contribution is 2.18. The average molecular weight is 153 g/mol. The fraction of sp³-hybridized carbons (Fsp3) is 0. The molecule has 0 aliphatic heterocycles. The monoisotopic (exact) mass is 152 g/mol. The molecule has 0 amide bonds. The molecule has 3 heteroatoms. The maximum Gasteiger partial charge on any atom is 0.143 e. The lowest BCUT2D eigenvalue weighted by molar-refractivity contribution is 1.33. The van der Waals surface area contributed by atoms with E-state index in [4.69, 9.17) is 23.8 Å². The van der Waals surface area contributed by atoms with E-state index < -0.39 is 0 Å². The third kappa shape index (κ3) is 1.04. The summed E-state index contributed by atoms with van der Waals surface area (Å²) in [5.41, 5.74) is 5.94. The molecule has 2 N–H and O–H groups in total. The van der Waals surface area contributed by atoms with Crippen molar-refractivity contribution in [1.29, 1.82) is 0 Å². The summed E-state index contributed by atoms with van der Waals surface area (Å²) in [5.74, 6) is 2.66. The summed E-state index contributed by atoms with van der Waals surface area (Å²) in [6.45, 7) is 0. The largest absolute Gasteiger partial charge is 0.382 e. The zero-order chi connectivity index (χ0) is 7.56. The van der Waals surface area contributed by atoms with Gasteiger partial charge in [0.15, 0.2) is 0 Å². The number of terminal acetylenes is 1. The quantitative estimate of drug-likeness (QED) is 0.569. The minimum atomic E-state index is 0.275. The Hall–Kier alpha value is -1.20. The molecule has 0 saturated heterocycles. The molecule has 0 unspecified atom stereocenters. The van der Waals surface area contributed by atoms with Crippen molar-refractivity contribution in [3.63, 3.8) is 0 Å². The van der Waals surface area contributed by atoms with Gasteiger partial charge in [0.2, 0.25) is 0 Å². The van der Waals surface area contributed by atoms with Crippen molar-refractivity contribution in [2.75, 3.05) is 5.73 Å². The topological polar surface area (TPSA) is 38.9 Å². The van der Waals surface area contributed by atoms with E-state index in [-0.39, 0.29) is 5.82 Å². The van der Waals surface area contributed by atoms with Gasteiger partial charge >= 0.3 is 0 Å². The van der Waals surface area contributed by atoms with Crippen molar-refractivity contribution in [2.24, 2.45) is 0 Å². The van der Waals surface area contributed by atoms with Crippen molar-refractivity contribution in [3.05, 3.63) is 22.8 Å². The standard InChI is InChI=1S/C7H5ClN2/c1-2-5-3-4-10-7(9)6(5)8/h1,3-4H,(H2,9,10). The number of hydrogen-bond acceptors (Lipinski definition) is 2. The van der Waals surface area contributed by atoms with Crippen molar-refractivity contribution in [1.82, 2.24) is 4.98 Å². The van der Waals surface area contributed by atoms with Gasteiger partial charge in [-0.1, -0.05) is 17.5 Å². The van der Waals surface area contributed by atoms with Gasteiger partial charge in [-0.05, 0) is 6.07 Å². The molecule has 0 radical (unpaired) electrons. The summed E-state index contributed by atoms with van der Waals surface area (Å²) in [7, 11) is 0. The molecule has 0 spiro atoms. The Morgan fingerprint density at radius 1 is 1.70 bits per heavy atom. The molecule has 0 aliphatic rings. The maximum absolute atomic E-state index is 5.66. The molecule has 0 bridgehead atoms. The third-order valence-electron chi connectivity index (χ3n) is 1.07. The molecule has 2 nitrogen and oxygen atoms in total. The predicted octanol–water partition coefficient (Wildman–Crippen LogP) is 1.30. The van der Waals surface area contributed by atoms with E-state index in [2.05, 4.69) is 10.9 Å². The van der Waals surface area contributed by atoms with Gasteiger partial charge in [-0.2, -0.15) is 0 Å². The molecule has 50 valence electrons. The van der Waals surface area contributed by atoms with Crippen LogP contribution in [0.1, 0.15) is 5.56 Å². The van der Waals surface area contributed by atoms with Crippen LogP contribution in [0.3, 0.4) is 0 Å². The zero-order valence-electron chi connectivity index (χ0n) is 5.13. The van der Waals surface area contributed by atoms with Crippen molar-refractivity contribution in [3.8, 4) is 12.3 Å². The lowest BCUT2D eigenvalue weighted by Gasteiger charge is -1.96. The van der Waals surface area contributed by atoms with Crippen LogP contribution < -0.4 is 5.73 Å². The van der Waals surface area contributed by atoms with Crippen molar-refractivity contribution >= 4 is 17.4 Å². The molecule has 0 atom stereocenters. The summed E-state index contributed by atoms with van der Waals surface area (Å²) < 4.78 is 0. The van der Waals surface area contributed by atoms with E-state index in [1.54, 1.807) is 6.07 Å². The highest BCUT2D eigenvalue weighted by atomic mass is 35.5. The van der Waals surface area contributed by atoms with Crippen LogP contribution in [0.2, 0.25) is 5.02 Å². The van der Waals surface area contributed by atoms with Gasteiger partial charge < -0.3 is 5.73 Å². The van der Waals surface area contributed by atoms with Crippen LogP contribution in [-0.2, 0) is 0 Å². The highest BCUT2D eigenvalue weighted by molar-refractivity contribution is 6.33. The number of nitrogens with two attached hydrogens (primary N) is 1. The summed E-state index contributed by atoms with van der Waals surface area (Å²) in [6, 6.07) is 1.64. The van der Waals surface area contributed by atoms with Crippen LogP contribution in [-0.4, -0.2) is 4.98 Å². The lowest BCUT2D eigenvalue weighted by Crippen LogP contribution is -1.91. The van der Waals surface area contributed by atoms with Gasteiger partial charge in [0.05, 0.1) is 5.02 Å². The summed E-state index contributed by atoms with van der Waals surface area (Å²) in [6.07, 6.45) is 6.63. The molecule has 0 fully saturated rings. The first-order chi connectivity index (χ1) is 4.75. The van der Waals surface area contributed by atoms with Gasteiger partial charge in [-0.15, -0.1) is 6.42 Å². The van der Waals surface area contributed by atoms with Gasteiger partial charge in [0, 0.05) is 11.8 Å². The Morgan fingerprint density at radius 3 is 2.90 bits per heavy atom. The first-order valence-electron chi connectivity index (χ1n) is 2.62. The number of anilines is 1. The predicted molar refractivity (Wildman–Crippen MR) is 41.6 cm³/mol. The Bertz CT molecular complexity index is 288. The number of rotatable bonds is 0. The minimum absolute atomic E-state index is 0.275. The third-order valence-corrected chi connectivity index (χ3v) is 1.47. The normalized spacial score (nSPS) is 8.80. The zero-order valence-corrected chi connectivity index (χ0v) is 5.89. The summed E-state index contributed by atoms with van der Waals surface area (Å²) >= 11 is 5.66. The SMILES string of the molecule is C#Cc1ccnc(N)c1Cl. The fourth-order valence-corrected chi connectivity index (χ4v) is 0.738. The van der Waals surface area contributed by atoms with Gasteiger partial charge in [-0.25, -0.2) is 4.98 Å². The fourth-order valence-electron chi connectivity index (χ4n) is 0.571. The minimum Gasteiger partial charge on any atom is -0.382 e. The summed E-state index contributed by atoms with van der Waals surface area (Å²) in [5, 5.41) is 0.352. The van der Waals surface area contributed by atoms with Gasteiger partial charge in [0.1, 0.15) is 5.82 Å². The second-order valence-electron chi connectivity index (χ2n) is 1.70. The summed E-state index contributed by atoms with van der Waals surface area (Å²) in [4.78, 5) is 3.74. The second kappa shape index (κ2) is 2.59. The Kier molecular flexibility index (Phi) is 1.79. The number of pyridine rings is 1. The van der Waals surface area contributed by atoms with Crippen molar-refractivity contribution in [2.45, 2.75) is 0 Å². The van der Waals surface area contributed by atoms with E-state index in [0.29, 0.717) is 10.6 Å². The van der Waals surface area contributed by atoms with Crippen LogP contribution >= 0.6 is 11.6 Å². The number of aromatic nitrogens is 1. The smallest absolute Gasteiger partial charge is 0.143 e. The van der Waals surface area contributed by atoms with Crippen LogP contribution in [0.25, 0.3) is 0 Å². The Morgan fingerprint density at radius 2 is 2.40 bits per heavy atom. The molecule has 0 aromatic carbocycles. The van der Waals surface area contributed by atoms with Crippen LogP contribution in [0.5, 0.6) is 0 Å². The van der Waals surface area contributed by atoms with Crippen LogP contribution in [0, 0.1) is 12.3 Å². The average Bonchev–Trinajstić information content (AvgIpc) is 1.95. The highest BCUT2D eigenvalue weighted by Gasteiger charge is 1.99. The second-order valence-corrected chi connectivity index (χ2v) is 2.08. The molecular weight excluding hydrogens is 148 g/mol. The maximum atomic E-state index is 5.66. The Labute approximate surface area is 64.0 Å². The molecule has 1 aromatic heterocycles. The van der Waals surface area contributed by atoms with E-state index in [9.17, 15) is 0 Å². The molecule has 1 heterocycles. The van der Waals surface area contributed by atoms with Crippen LogP contribution in [0.15, 0.2) is 12.3 Å². The van der Waals surface area contributed by atoms with E-state index in [1.165, 1.54) is 6.20 Å². The van der Waals surface area contributed by atoms with E-state index in [1.807, 2.05) is 0 Å². The first kappa shape index (κ1) is 6.91. The molecule has 10 heavy (non-hydrogen) atoms. The number of nitrogens with zero attached hydrogens (tertiary/aromatic N) is 1. The van der Waals surface area contributed by atoms with Gasteiger partial charge in [-0.3, -0.25) is 0 Å². The molecule has 0 aliphatic carbocycles. The number of hydrogen-bond donors (Lipinski definition) is 1. The number of halogens is 1. The lowest BCUT2D eigenvalue weighted by atomic mass is 10.3. The van der Waals surface area contributed by atoms with Crippen molar-refractivity contribution < 1.29 is 0 Å². The van der Waals surface area contributed by atoms with Gasteiger partial charge in [0.25, 0.3) is 0 Å². The number of nitrogen functional groups attached to an aromatic ring is 1. The molecule has 1 aromatic rings. The molecular formula is C7H5ClN2.